The van der Waals surface area contributed by atoms with Gasteiger partial charge in [-0.3, -0.25) is 0 Å². The molecule has 0 saturated carbocycles. The van der Waals surface area contributed by atoms with E-state index in [2.05, 4.69) is 193 Å². The molecule has 0 aliphatic rings. The van der Waals surface area contributed by atoms with Crippen LogP contribution < -0.4 is 4.90 Å². The van der Waals surface area contributed by atoms with Crippen LogP contribution in [0.25, 0.3) is 110 Å². The maximum absolute atomic E-state index is 7.29. The molecule has 13 rings (SSSR count). The molecule has 0 atom stereocenters. The minimum atomic E-state index is 0.805. The molecule has 0 bridgehead atoms. The molecule has 0 radical (unpaired) electrons. The van der Waals surface area contributed by atoms with E-state index < -0.39 is 0 Å². The molecule has 0 aliphatic carbocycles. The van der Waals surface area contributed by atoms with Crippen molar-refractivity contribution in [2.45, 2.75) is 0 Å². The van der Waals surface area contributed by atoms with E-state index in [0.717, 1.165) is 121 Å². The van der Waals surface area contributed by atoms with Gasteiger partial charge < -0.3 is 18.2 Å². The fourth-order valence-electron chi connectivity index (χ4n) is 9.59. The second kappa shape index (κ2) is 13.6. The number of fused-ring (bicyclic) bond motifs is 10. The maximum atomic E-state index is 7.29. The van der Waals surface area contributed by atoms with E-state index >= 15 is 0 Å². The summed E-state index contributed by atoms with van der Waals surface area (Å²) in [6.45, 7) is 0. The van der Waals surface area contributed by atoms with Crippen molar-refractivity contribution in [2.75, 3.05) is 4.90 Å². The first kappa shape index (κ1) is 34.5. The van der Waals surface area contributed by atoms with Gasteiger partial charge in [0.2, 0.25) is 0 Å². The minimum absolute atomic E-state index is 0.805. The number of hydrogen-bond acceptors (Lipinski definition) is 4. The number of hydrogen-bond donors (Lipinski definition) is 0. The van der Waals surface area contributed by atoms with Crippen molar-refractivity contribution >= 4 is 93.7 Å². The number of furan rings is 3. The van der Waals surface area contributed by atoms with Crippen LogP contribution >= 0.6 is 0 Å². The van der Waals surface area contributed by atoms with Gasteiger partial charge in [-0.1, -0.05) is 164 Å². The Labute approximate surface area is 356 Å². The van der Waals surface area contributed by atoms with Gasteiger partial charge in [-0.2, -0.15) is 0 Å². The van der Waals surface area contributed by atoms with E-state index in [4.69, 9.17) is 13.3 Å². The van der Waals surface area contributed by atoms with Crippen molar-refractivity contribution in [3.8, 4) is 33.4 Å². The lowest BCUT2D eigenvalue weighted by atomic mass is 9.94. The molecule has 0 spiro atoms. The van der Waals surface area contributed by atoms with Crippen LogP contribution in [0.2, 0.25) is 0 Å². The third-order valence-corrected chi connectivity index (χ3v) is 12.5. The molecule has 3 aromatic heterocycles. The van der Waals surface area contributed by atoms with E-state index in [1.807, 2.05) is 24.3 Å². The van der Waals surface area contributed by atoms with Crippen LogP contribution in [0.5, 0.6) is 0 Å². The minimum Gasteiger partial charge on any atom is -0.455 e. The topological polar surface area (TPSA) is 42.7 Å². The summed E-state index contributed by atoms with van der Waals surface area (Å²) in [5.41, 5.74) is 14.6. The molecule has 0 amide bonds. The van der Waals surface area contributed by atoms with E-state index in [9.17, 15) is 0 Å². The molecule has 4 nitrogen and oxygen atoms in total. The van der Waals surface area contributed by atoms with Crippen LogP contribution in [0.1, 0.15) is 0 Å². The second-order valence-electron chi connectivity index (χ2n) is 16.0. The first-order valence-electron chi connectivity index (χ1n) is 21.0. The van der Waals surface area contributed by atoms with Gasteiger partial charge in [-0.05, 0) is 76.0 Å². The third kappa shape index (κ3) is 5.27. The Hall–Kier alpha value is -8.34. The largest absolute Gasteiger partial charge is 0.455 e. The molecule has 0 N–H and O–H groups in total. The molecule has 10 aromatic carbocycles. The molecule has 62 heavy (non-hydrogen) atoms. The summed E-state index contributed by atoms with van der Waals surface area (Å²) in [6.07, 6.45) is 0. The van der Waals surface area contributed by atoms with Gasteiger partial charge in [0.15, 0.2) is 5.58 Å². The SMILES string of the molecule is c1ccc(-c2ccc(N(c3ccc(-c4cccc5c4oc4ccccc45)cc3)c3cccc4c3oc3c(-c5cccc6c5oc5ccccc56)c5ccccc5cc34)cc2)cc1. The quantitative estimate of drug-likeness (QED) is 0.168. The summed E-state index contributed by atoms with van der Waals surface area (Å²) in [7, 11) is 0. The first-order valence-corrected chi connectivity index (χ1v) is 21.0. The fraction of sp³-hybridized carbons (Fsp3) is 0. The lowest BCUT2D eigenvalue weighted by Crippen LogP contribution is -2.10. The highest BCUT2D eigenvalue weighted by Gasteiger charge is 2.24. The standard InChI is InChI=1S/C58H35NO3/c1-2-13-36(14-3-1)37-27-31-40(32-28-37)59(41-33-29-38(30-34-41)43-19-10-20-46-44-17-6-8-25-52(44)60-55(43)46)51-24-12-22-48-50-35-39-15-4-5-16-42(39)54(58(50)62-57(48)51)49-23-11-21-47-45-18-7-9-26-53(45)61-56(47)49/h1-35H. The summed E-state index contributed by atoms with van der Waals surface area (Å²) in [4.78, 5) is 2.31. The summed E-state index contributed by atoms with van der Waals surface area (Å²) in [5, 5.41) is 8.76. The van der Waals surface area contributed by atoms with Gasteiger partial charge in [-0.15, -0.1) is 0 Å². The maximum Gasteiger partial charge on any atom is 0.159 e. The van der Waals surface area contributed by atoms with Gasteiger partial charge >= 0.3 is 0 Å². The zero-order valence-corrected chi connectivity index (χ0v) is 33.4. The Balaban J connectivity index is 1.03. The highest BCUT2D eigenvalue weighted by Crippen LogP contribution is 2.48. The Bertz CT molecular complexity index is 3850. The normalized spacial score (nSPS) is 11.9. The summed E-state index contributed by atoms with van der Waals surface area (Å²) >= 11 is 0. The number of anilines is 3. The van der Waals surface area contributed by atoms with E-state index in [0.29, 0.717) is 0 Å². The number of benzene rings is 10. The van der Waals surface area contributed by atoms with Gasteiger partial charge in [0, 0.05) is 60.4 Å². The van der Waals surface area contributed by atoms with Crippen LogP contribution in [0, 0.1) is 0 Å². The molecular formula is C58H35NO3. The Kier molecular flexibility index (Phi) is 7.57. The highest BCUT2D eigenvalue weighted by atomic mass is 16.3. The smallest absolute Gasteiger partial charge is 0.159 e. The van der Waals surface area contributed by atoms with Crippen LogP contribution in [0.3, 0.4) is 0 Å². The number of nitrogens with zero attached hydrogens (tertiary/aromatic N) is 1. The van der Waals surface area contributed by atoms with Crippen LogP contribution in [0.15, 0.2) is 226 Å². The summed E-state index contributed by atoms with van der Waals surface area (Å²) < 4.78 is 20.4. The average molecular weight is 794 g/mol. The molecule has 4 heteroatoms. The summed E-state index contributed by atoms with van der Waals surface area (Å²) in [6, 6.07) is 74.8. The van der Waals surface area contributed by atoms with Crippen molar-refractivity contribution in [3.63, 3.8) is 0 Å². The van der Waals surface area contributed by atoms with Gasteiger partial charge in [-0.25, -0.2) is 0 Å². The number of rotatable bonds is 6. The lowest BCUT2D eigenvalue weighted by molar-refractivity contribution is 0.665. The van der Waals surface area contributed by atoms with Crippen molar-refractivity contribution in [1.82, 2.24) is 0 Å². The molecular weight excluding hydrogens is 759 g/mol. The Morgan fingerprint density at radius 1 is 0.290 bits per heavy atom. The van der Waals surface area contributed by atoms with Crippen LogP contribution in [0.4, 0.5) is 17.1 Å². The molecule has 3 heterocycles. The van der Waals surface area contributed by atoms with Gasteiger partial charge in [0.25, 0.3) is 0 Å². The zero-order valence-electron chi connectivity index (χ0n) is 33.4. The van der Waals surface area contributed by atoms with E-state index in [1.165, 1.54) is 5.56 Å². The third-order valence-electron chi connectivity index (χ3n) is 12.5. The molecule has 13 aromatic rings. The lowest BCUT2D eigenvalue weighted by Gasteiger charge is -2.26. The fourth-order valence-corrected chi connectivity index (χ4v) is 9.59. The molecule has 0 fully saturated rings. The first-order chi connectivity index (χ1) is 30.7. The molecule has 0 aliphatic heterocycles. The van der Waals surface area contributed by atoms with Crippen LogP contribution in [-0.2, 0) is 0 Å². The zero-order chi connectivity index (χ0) is 40.7. The molecule has 290 valence electrons. The Morgan fingerprint density at radius 2 is 0.790 bits per heavy atom. The summed E-state index contributed by atoms with van der Waals surface area (Å²) in [5.74, 6) is 0. The predicted octanol–water partition coefficient (Wildman–Crippen LogP) is 17.0. The second-order valence-corrected chi connectivity index (χ2v) is 16.0. The average Bonchev–Trinajstić information content (AvgIpc) is 4.04. The van der Waals surface area contributed by atoms with E-state index in [1.54, 1.807) is 0 Å². The van der Waals surface area contributed by atoms with Gasteiger partial charge in [0.1, 0.15) is 27.9 Å². The number of para-hydroxylation sites is 5. The van der Waals surface area contributed by atoms with Crippen molar-refractivity contribution in [1.29, 1.82) is 0 Å². The monoisotopic (exact) mass is 793 g/mol. The van der Waals surface area contributed by atoms with Crippen molar-refractivity contribution in [2.24, 2.45) is 0 Å². The molecule has 0 unspecified atom stereocenters. The van der Waals surface area contributed by atoms with Gasteiger partial charge in [0.05, 0.1) is 5.69 Å². The van der Waals surface area contributed by atoms with Crippen molar-refractivity contribution < 1.29 is 13.3 Å². The highest BCUT2D eigenvalue weighted by molar-refractivity contribution is 6.23. The molecule has 0 saturated heterocycles. The van der Waals surface area contributed by atoms with E-state index in [-0.39, 0.29) is 0 Å². The van der Waals surface area contributed by atoms with Crippen LogP contribution in [-0.4, -0.2) is 0 Å². The predicted molar refractivity (Wildman–Crippen MR) is 257 cm³/mol. The Morgan fingerprint density at radius 3 is 1.47 bits per heavy atom. The van der Waals surface area contributed by atoms with Crippen molar-refractivity contribution in [3.05, 3.63) is 212 Å².